The third-order valence-corrected chi connectivity index (χ3v) is 6.68. The Morgan fingerprint density at radius 3 is 3.12 bits per heavy atom. The summed E-state index contributed by atoms with van der Waals surface area (Å²) in [5.41, 5.74) is 2.52. The first kappa shape index (κ1) is 17.0. The molecular formula is C19H16N4OS2. The highest BCUT2D eigenvalue weighted by atomic mass is 32.2. The van der Waals surface area contributed by atoms with E-state index in [1.165, 1.54) is 28.6 Å². The van der Waals surface area contributed by atoms with Crippen LogP contribution in [-0.4, -0.2) is 21.1 Å². The number of aryl methyl sites for hydroxylation is 2. The number of benzene rings is 1. The van der Waals surface area contributed by atoms with Gasteiger partial charge in [-0.05, 0) is 49.9 Å². The fourth-order valence-electron chi connectivity index (χ4n) is 3.12. The number of hydrogen-bond donors (Lipinski definition) is 1. The number of anilines is 1. The van der Waals surface area contributed by atoms with Crippen molar-refractivity contribution >= 4 is 44.9 Å². The molecule has 0 aliphatic heterocycles. The number of carbonyl (C=O) groups excluding carboxylic acids is 1. The quantitative estimate of drug-likeness (QED) is 0.543. The Morgan fingerprint density at radius 2 is 2.27 bits per heavy atom. The van der Waals surface area contributed by atoms with Crippen LogP contribution in [0.15, 0.2) is 35.6 Å². The molecule has 7 heteroatoms. The van der Waals surface area contributed by atoms with E-state index in [9.17, 15) is 4.79 Å². The highest BCUT2D eigenvalue weighted by Gasteiger charge is 2.23. The van der Waals surface area contributed by atoms with Gasteiger partial charge in [-0.15, -0.1) is 11.3 Å². The average Bonchev–Trinajstić information content (AvgIpc) is 3.23. The van der Waals surface area contributed by atoms with Gasteiger partial charge < -0.3 is 5.32 Å². The van der Waals surface area contributed by atoms with Crippen LogP contribution in [0.2, 0.25) is 0 Å². The third kappa shape index (κ3) is 3.18. The van der Waals surface area contributed by atoms with E-state index in [1.54, 1.807) is 41.9 Å². The van der Waals surface area contributed by atoms with Crippen molar-refractivity contribution in [3.8, 4) is 6.07 Å². The number of nitrogens with one attached hydrogen (secondary N) is 1. The molecule has 0 unspecified atom stereocenters. The molecule has 5 nitrogen and oxygen atoms in total. The van der Waals surface area contributed by atoms with Gasteiger partial charge in [0.15, 0.2) is 0 Å². The van der Waals surface area contributed by atoms with Crippen molar-refractivity contribution in [2.45, 2.75) is 36.5 Å². The topological polar surface area (TPSA) is 78.7 Å². The zero-order chi connectivity index (χ0) is 18.1. The second-order valence-corrected chi connectivity index (χ2v) is 8.57. The standard InChI is InChI=1S/C19H16N4OS2/c1-11(17(24)23-13-5-2-4-12(8-13)9-20)25-18-16-14-6-3-7-15(14)26-19(16)22-10-21-18/h2,4-5,8,10-11H,3,6-7H2,1H3,(H,23,24)/t11-/m1/s1. The van der Waals surface area contributed by atoms with Crippen molar-refractivity contribution in [2.24, 2.45) is 0 Å². The van der Waals surface area contributed by atoms with Gasteiger partial charge in [0.25, 0.3) is 0 Å². The van der Waals surface area contributed by atoms with Crippen molar-refractivity contribution < 1.29 is 4.79 Å². The fourth-order valence-corrected chi connectivity index (χ4v) is 5.36. The van der Waals surface area contributed by atoms with Gasteiger partial charge in [0, 0.05) is 16.0 Å². The summed E-state index contributed by atoms with van der Waals surface area (Å²) in [5.74, 6) is -0.108. The van der Waals surface area contributed by atoms with Crippen LogP contribution in [0.5, 0.6) is 0 Å². The molecule has 2 heterocycles. The maximum atomic E-state index is 12.6. The van der Waals surface area contributed by atoms with E-state index < -0.39 is 0 Å². The van der Waals surface area contributed by atoms with Crippen LogP contribution in [0.4, 0.5) is 5.69 Å². The highest BCUT2D eigenvalue weighted by molar-refractivity contribution is 8.00. The maximum Gasteiger partial charge on any atom is 0.237 e. The van der Waals surface area contributed by atoms with Gasteiger partial charge in [0.2, 0.25) is 5.91 Å². The molecule has 3 aromatic rings. The molecule has 0 fully saturated rings. The molecule has 0 spiro atoms. The van der Waals surface area contributed by atoms with Crippen molar-refractivity contribution in [1.29, 1.82) is 5.26 Å². The van der Waals surface area contributed by atoms with E-state index in [-0.39, 0.29) is 11.2 Å². The van der Waals surface area contributed by atoms with Crippen LogP contribution in [-0.2, 0) is 17.6 Å². The third-order valence-electron chi connectivity index (χ3n) is 4.38. The Morgan fingerprint density at radius 1 is 1.38 bits per heavy atom. The van der Waals surface area contributed by atoms with Crippen molar-refractivity contribution in [2.75, 3.05) is 5.32 Å². The molecule has 0 saturated heterocycles. The lowest BCUT2D eigenvalue weighted by molar-refractivity contribution is -0.115. The number of rotatable bonds is 4. The minimum atomic E-state index is -0.309. The zero-order valence-corrected chi connectivity index (χ0v) is 15.8. The molecule has 1 aromatic carbocycles. The lowest BCUT2D eigenvalue weighted by atomic mass is 10.2. The number of hydrogen-bond acceptors (Lipinski definition) is 6. The molecule has 0 radical (unpaired) electrons. The molecule has 0 bridgehead atoms. The smallest absolute Gasteiger partial charge is 0.237 e. The van der Waals surface area contributed by atoms with Crippen molar-refractivity contribution in [3.05, 3.63) is 46.6 Å². The Balaban J connectivity index is 1.54. The SMILES string of the molecule is C[C@@H](Sc1ncnc2sc3c(c12)CCC3)C(=O)Nc1cccc(C#N)c1. The second-order valence-electron chi connectivity index (χ2n) is 6.16. The van der Waals surface area contributed by atoms with Gasteiger partial charge in [-0.1, -0.05) is 17.8 Å². The molecule has 26 heavy (non-hydrogen) atoms. The van der Waals surface area contributed by atoms with Crippen molar-refractivity contribution in [1.82, 2.24) is 9.97 Å². The van der Waals surface area contributed by atoms with Crippen LogP contribution < -0.4 is 5.32 Å². The molecule has 4 rings (SSSR count). The summed E-state index contributed by atoms with van der Waals surface area (Å²) in [5, 5.41) is 13.6. The first-order valence-electron chi connectivity index (χ1n) is 8.38. The Bertz CT molecular complexity index is 1040. The molecule has 0 saturated carbocycles. The minimum Gasteiger partial charge on any atom is -0.325 e. The second kappa shape index (κ2) is 7.06. The lowest BCUT2D eigenvalue weighted by Crippen LogP contribution is -2.22. The zero-order valence-electron chi connectivity index (χ0n) is 14.2. The molecule has 1 aliphatic carbocycles. The highest BCUT2D eigenvalue weighted by Crippen LogP contribution is 2.40. The minimum absolute atomic E-state index is 0.108. The number of aromatic nitrogens is 2. The van der Waals surface area contributed by atoms with Gasteiger partial charge in [-0.25, -0.2) is 9.97 Å². The van der Waals surface area contributed by atoms with E-state index in [0.717, 1.165) is 28.1 Å². The average molecular weight is 380 g/mol. The molecule has 1 aliphatic rings. The predicted octanol–water partition coefficient (Wildman–Crippen LogP) is 4.17. The molecular weight excluding hydrogens is 364 g/mol. The number of amides is 1. The van der Waals surface area contributed by atoms with Crippen molar-refractivity contribution in [3.63, 3.8) is 0 Å². The van der Waals surface area contributed by atoms with Gasteiger partial charge >= 0.3 is 0 Å². The normalized spacial score (nSPS) is 14.0. The van der Waals surface area contributed by atoms with Crippen LogP contribution in [0.1, 0.15) is 29.3 Å². The van der Waals surface area contributed by atoms with Crippen LogP contribution in [0, 0.1) is 11.3 Å². The van der Waals surface area contributed by atoms with E-state index in [0.29, 0.717) is 11.3 Å². The Hall–Kier alpha value is -2.43. The molecule has 2 aromatic heterocycles. The number of fused-ring (bicyclic) bond motifs is 3. The summed E-state index contributed by atoms with van der Waals surface area (Å²) in [6, 6.07) is 9.00. The molecule has 130 valence electrons. The maximum absolute atomic E-state index is 12.6. The lowest BCUT2D eigenvalue weighted by Gasteiger charge is -2.12. The number of carbonyl (C=O) groups is 1. The van der Waals surface area contributed by atoms with Gasteiger partial charge in [0.1, 0.15) is 16.2 Å². The summed E-state index contributed by atoms with van der Waals surface area (Å²) < 4.78 is 0. The summed E-state index contributed by atoms with van der Waals surface area (Å²) in [7, 11) is 0. The van der Waals surface area contributed by atoms with E-state index in [1.807, 2.05) is 6.92 Å². The number of nitriles is 1. The predicted molar refractivity (Wildman–Crippen MR) is 105 cm³/mol. The van der Waals surface area contributed by atoms with Crippen LogP contribution in [0.3, 0.4) is 0 Å². The van der Waals surface area contributed by atoms with E-state index in [2.05, 4.69) is 21.4 Å². The van der Waals surface area contributed by atoms with Gasteiger partial charge in [-0.2, -0.15) is 5.26 Å². The number of thiophene rings is 1. The van der Waals surface area contributed by atoms with Crippen LogP contribution >= 0.6 is 23.1 Å². The Labute approximate surface area is 159 Å². The largest absolute Gasteiger partial charge is 0.325 e. The van der Waals surface area contributed by atoms with E-state index in [4.69, 9.17) is 5.26 Å². The fraction of sp³-hybridized carbons (Fsp3) is 0.263. The first-order chi connectivity index (χ1) is 12.7. The van der Waals surface area contributed by atoms with Gasteiger partial charge in [-0.3, -0.25) is 4.79 Å². The Kier molecular flexibility index (Phi) is 4.62. The molecule has 1 atom stereocenters. The summed E-state index contributed by atoms with van der Waals surface area (Å²) in [6.45, 7) is 1.87. The monoisotopic (exact) mass is 380 g/mol. The van der Waals surface area contributed by atoms with Crippen LogP contribution in [0.25, 0.3) is 10.2 Å². The van der Waals surface area contributed by atoms with Gasteiger partial charge in [0.05, 0.1) is 16.9 Å². The van der Waals surface area contributed by atoms with E-state index >= 15 is 0 Å². The summed E-state index contributed by atoms with van der Waals surface area (Å²) >= 11 is 3.21. The molecule has 1 N–H and O–H groups in total. The summed E-state index contributed by atoms with van der Waals surface area (Å²) in [6.07, 6.45) is 4.95. The summed E-state index contributed by atoms with van der Waals surface area (Å²) in [4.78, 5) is 23.9. The number of nitrogens with zero attached hydrogens (tertiary/aromatic N) is 3. The number of thioether (sulfide) groups is 1. The first-order valence-corrected chi connectivity index (χ1v) is 10.1. The molecule has 1 amide bonds.